The third kappa shape index (κ3) is 2.30. The van der Waals surface area contributed by atoms with Gasteiger partial charge in [-0.3, -0.25) is 0 Å². The van der Waals surface area contributed by atoms with Crippen LogP contribution in [0.4, 0.5) is 5.69 Å². The van der Waals surface area contributed by atoms with E-state index in [1.54, 1.807) is 6.07 Å². The Morgan fingerprint density at radius 1 is 1.08 bits per heavy atom. The van der Waals surface area contributed by atoms with Crippen LogP contribution in [0.3, 0.4) is 0 Å². The predicted molar refractivity (Wildman–Crippen MR) is 101 cm³/mol. The van der Waals surface area contributed by atoms with Gasteiger partial charge in [0.15, 0.2) is 11.4 Å². The predicted octanol–water partition coefficient (Wildman–Crippen LogP) is 5.55. The van der Waals surface area contributed by atoms with Crippen LogP contribution in [0, 0.1) is 27.3 Å². The summed E-state index contributed by atoms with van der Waals surface area (Å²) in [6, 6.07) is 10.2. The average Bonchev–Trinajstić information content (AvgIpc) is 3.04. The lowest BCUT2D eigenvalue weighted by atomic mass is 9.99. The van der Waals surface area contributed by atoms with Gasteiger partial charge in [0.25, 0.3) is 0 Å². The van der Waals surface area contributed by atoms with Crippen molar-refractivity contribution < 1.29 is 11.7 Å². The normalized spacial score (nSPS) is 12.3. The summed E-state index contributed by atoms with van der Waals surface area (Å²) >= 11 is 0. The summed E-state index contributed by atoms with van der Waals surface area (Å²) in [7, 11) is 1.89. The van der Waals surface area contributed by atoms with Crippen LogP contribution in [0.25, 0.3) is 38.0 Å². The second-order valence-corrected chi connectivity index (χ2v) is 6.40. The van der Waals surface area contributed by atoms with Crippen molar-refractivity contribution in [2.24, 2.45) is 7.05 Å². The van der Waals surface area contributed by atoms with Gasteiger partial charge in [-0.15, -0.1) is 0 Å². The van der Waals surface area contributed by atoms with Gasteiger partial charge in [-0.2, -0.15) is 4.57 Å². The van der Waals surface area contributed by atoms with Gasteiger partial charge in [-0.25, -0.2) is 4.85 Å². The van der Waals surface area contributed by atoms with E-state index >= 15 is 0 Å². The van der Waals surface area contributed by atoms with Crippen molar-refractivity contribution in [2.45, 2.75) is 20.8 Å². The average molecular weight is 329 g/mol. The van der Waals surface area contributed by atoms with Crippen molar-refractivity contribution >= 4 is 27.6 Å². The second-order valence-electron chi connectivity index (χ2n) is 6.40. The van der Waals surface area contributed by atoms with Gasteiger partial charge < -0.3 is 4.42 Å². The Morgan fingerprint density at radius 2 is 1.88 bits per heavy atom. The monoisotopic (exact) mass is 329 g/mol. The first-order valence-electron chi connectivity index (χ1n) is 9.15. The number of pyridine rings is 1. The zero-order valence-electron chi connectivity index (χ0n) is 16.7. The minimum Gasteiger partial charge on any atom is -0.455 e. The highest BCUT2D eigenvalue weighted by atomic mass is 16.3. The first kappa shape index (κ1) is 13.2. The van der Waals surface area contributed by atoms with Crippen LogP contribution >= 0.6 is 0 Å². The molecule has 3 nitrogen and oxygen atoms in total. The standard InChI is InChI=1S/C22H19N2O/c1-13-10-15(3)24(5)19(11-13)21-14(2)6-8-17-18-12-16(23-4)7-9-20(18)25-22(17)21/h6-12H,1-3,5H3/q+1/i10D,11D. The molecule has 0 saturated carbocycles. The molecule has 0 bridgehead atoms. The lowest BCUT2D eigenvalue weighted by Crippen LogP contribution is -2.35. The van der Waals surface area contributed by atoms with Crippen LogP contribution in [0.5, 0.6) is 0 Å². The summed E-state index contributed by atoms with van der Waals surface area (Å²) < 4.78 is 25.0. The van der Waals surface area contributed by atoms with Gasteiger partial charge in [0.2, 0.25) is 5.69 Å². The molecule has 0 atom stereocenters. The number of aryl methyl sites for hydroxylation is 1. The molecule has 2 aromatic carbocycles. The zero-order valence-corrected chi connectivity index (χ0v) is 14.7. The minimum absolute atomic E-state index is 0.339. The Kier molecular flexibility index (Phi) is 2.88. The van der Waals surface area contributed by atoms with E-state index in [1.807, 2.05) is 56.7 Å². The number of rotatable bonds is 1. The lowest BCUT2D eigenvalue weighted by Gasteiger charge is -2.08. The van der Waals surface area contributed by atoms with E-state index in [-0.39, 0.29) is 0 Å². The number of hydrogen-bond acceptors (Lipinski definition) is 1. The maximum Gasteiger partial charge on any atom is 0.216 e. The first-order chi connectivity index (χ1) is 12.8. The largest absolute Gasteiger partial charge is 0.455 e. The summed E-state index contributed by atoms with van der Waals surface area (Å²) in [5, 5.41) is 1.83. The molecule has 3 heteroatoms. The van der Waals surface area contributed by atoms with E-state index in [1.165, 1.54) is 0 Å². The summed E-state index contributed by atoms with van der Waals surface area (Å²) in [4.78, 5) is 3.52. The van der Waals surface area contributed by atoms with Crippen LogP contribution < -0.4 is 4.57 Å². The molecule has 0 radical (unpaired) electrons. The molecule has 4 aromatic rings. The molecule has 2 aromatic heterocycles. The Morgan fingerprint density at radius 3 is 2.64 bits per heavy atom. The zero-order chi connectivity index (χ0) is 19.5. The van der Waals surface area contributed by atoms with Crippen LogP contribution in [-0.4, -0.2) is 0 Å². The molecule has 4 rings (SSSR count). The topological polar surface area (TPSA) is 21.4 Å². The smallest absolute Gasteiger partial charge is 0.216 e. The Balaban J connectivity index is 2.19. The number of benzene rings is 2. The summed E-state index contributed by atoms with van der Waals surface area (Å²) in [6.45, 7) is 13.0. The summed E-state index contributed by atoms with van der Waals surface area (Å²) in [5.74, 6) is 0. The molecule has 2 heterocycles. The molecule has 0 unspecified atom stereocenters. The van der Waals surface area contributed by atoms with E-state index in [2.05, 4.69) is 4.85 Å². The molecule has 122 valence electrons. The Bertz CT molecular complexity index is 1270. The Hall–Kier alpha value is -3.12. The van der Waals surface area contributed by atoms with Gasteiger partial charge in [-0.05, 0) is 37.1 Å². The quantitative estimate of drug-likeness (QED) is 0.331. The van der Waals surface area contributed by atoms with Gasteiger partial charge in [-0.1, -0.05) is 18.2 Å². The number of nitrogens with zero attached hydrogens (tertiary/aromatic N) is 2. The van der Waals surface area contributed by atoms with Crippen LogP contribution in [-0.2, 0) is 7.05 Å². The molecule has 0 saturated heterocycles. The second kappa shape index (κ2) is 5.46. The first-order valence-corrected chi connectivity index (χ1v) is 8.15. The number of aromatic nitrogens is 1. The van der Waals surface area contributed by atoms with Gasteiger partial charge in [0, 0.05) is 29.8 Å². The lowest BCUT2D eigenvalue weighted by molar-refractivity contribution is -0.666. The van der Waals surface area contributed by atoms with E-state index in [0.29, 0.717) is 28.9 Å². The fourth-order valence-electron chi connectivity index (χ4n) is 3.34. The van der Waals surface area contributed by atoms with Gasteiger partial charge >= 0.3 is 0 Å². The highest BCUT2D eigenvalue weighted by Crippen LogP contribution is 2.38. The van der Waals surface area contributed by atoms with Crippen molar-refractivity contribution in [2.75, 3.05) is 0 Å². The molecule has 0 aliphatic heterocycles. The molecule has 0 fully saturated rings. The van der Waals surface area contributed by atoms with E-state index in [4.69, 9.17) is 13.7 Å². The maximum atomic E-state index is 8.66. The minimum atomic E-state index is 0.339. The van der Waals surface area contributed by atoms with Crippen LogP contribution in [0.1, 0.15) is 19.6 Å². The third-order valence-corrected chi connectivity index (χ3v) is 4.71. The van der Waals surface area contributed by atoms with Gasteiger partial charge in [0.1, 0.15) is 18.2 Å². The molecule has 0 spiro atoms. The van der Waals surface area contributed by atoms with E-state index in [0.717, 1.165) is 38.9 Å². The van der Waals surface area contributed by atoms with Crippen molar-refractivity contribution in [3.8, 4) is 11.3 Å². The SMILES string of the molecule is [2H]c1c(C)c([2H])c(-c2c(C)ccc3c2oc2ccc([N+]#[C-])cc23)[n+](C)c1C. The van der Waals surface area contributed by atoms with E-state index in [9.17, 15) is 0 Å². The molecule has 0 aliphatic carbocycles. The van der Waals surface area contributed by atoms with E-state index < -0.39 is 0 Å². The fraction of sp³-hybridized carbons (Fsp3) is 0.182. The maximum absolute atomic E-state index is 8.66. The molecule has 0 aliphatic rings. The van der Waals surface area contributed by atoms with Gasteiger partial charge in [0.05, 0.1) is 14.9 Å². The molecule has 0 N–H and O–H groups in total. The number of furan rings is 1. The summed E-state index contributed by atoms with van der Waals surface area (Å²) in [5.41, 5.74) is 6.10. The highest BCUT2D eigenvalue weighted by Gasteiger charge is 2.22. The van der Waals surface area contributed by atoms with Crippen LogP contribution in [0.2, 0.25) is 0 Å². The molecule has 25 heavy (non-hydrogen) atoms. The highest BCUT2D eigenvalue weighted by molar-refractivity contribution is 6.10. The number of fused-ring (bicyclic) bond motifs is 3. The molecular weight excluding hydrogens is 308 g/mol. The van der Waals surface area contributed by atoms with Crippen LogP contribution in [0.15, 0.2) is 46.8 Å². The van der Waals surface area contributed by atoms with Crippen molar-refractivity contribution in [3.63, 3.8) is 0 Å². The Labute approximate surface area is 149 Å². The van der Waals surface area contributed by atoms with Crippen molar-refractivity contribution in [3.05, 3.63) is 70.7 Å². The van der Waals surface area contributed by atoms with Crippen molar-refractivity contribution in [1.29, 1.82) is 0 Å². The summed E-state index contributed by atoms with van der Waals surface area (Å²) in [6.07, 6.45) is 0. The molecular formula is C22H19N2O+. The molecule has 0 amide bonds. The number of hydrogen-bond donors (Lipinski definition) is 0. The third-order valence-electron chi connectivity index (χ3n) is 4.71. The fourth-order valence-corrected chi connectivity index (χ4v) is 3.34. The van der Waals surface area contributed by atoms with Crippen molar-refractivity contribution in [1.82, 2.24) is 0 Å².